The van der Waals surface area contributed by atoms with E-state index in [0.29, 0.717) is 18.9 Å². The van der Waals surface area contributed by atoms with Crippen molar-refractivity contribution in [2.24, 2.45) is 17.8 Å². The van der Waals surface area contributed by atoms with Crippen molar-refractivity contribution < 1.29 is 14.3 Å². The molecular formula is C17H28N2O3. The van der Waals surface area contributed by atoms with E-state index in [-0.39, 0.29) is 23.8 Å². The lowest BCUT2D eigenvalue weighted by molar-refractivity contribution is -0.133. The minimum absolute atomic E-state index is 0.166. The van der Waals surface area contributed by atoms with Gasteiger partial charge in [0.1, 0.15) is 0 Å². The lowest BCUT2D eigenvalue weighted by Gasteiger charge is -2.33. The summed E-state index contributed by atoms with van der Waals surface area (Å²) in [6.45, 7) is 1.99. The average Bonchev–Trinajstić information content (AvgIpc) is 3.16. The first-order valence-corrected chi connectivity index (χ1v) is 8.74. The van der Waals surface area contributed by atoms with Gasteiger partial charge in [0, 0.05) is 32.2 Å². The van der Waals surface area contributed by atoms with E-state index in [1.165, 1.54) is 19.3 Å². The third-order valence-electron chi connectivity index (χ3n) is 5.79. The second-order valence-corrected chi connectivity index (χ2v) is 7.19. The number of rotatable bonds is 5. The van der Waals surface area contributed by atoms with Gasteiger partial charge in [-0.2, -0.15) is 0 Å². The second-order valence-electron chi connectivity index (χ2n) is 7.19. The first-order chi connectivity index (χ1) is 10.7. The molecule has 3 fully saturated rings. The molecule has 2 bridgehead atoms. The molecule has 3 rings (SSSR count). The quantitative estimate of drug-likeness (QED) is 0.838. The van der Waals surface area contributed by atoms with E-state index in [2.05, 4.69) is 5.32 Å². The van der Waals surface area contributed by atoms with Crippen molar-refractivity contribution >= 4 is 11.8 Å². The number of fused-ring (bicyclic) bond motifs is 2. The highest BCUT2D eigenvalue weighted by atomic mass is 16.5. The molecule has 3 atom stereocenters. The highest BCUT2D eigenvalue weighted by Gasteiger charge is 2.43. The number of ether oxygens (including phenoxy) is 1. The zero-order chi connectivity index (χ0) is 15.5. The van der Waals surface area contributed by atoms with Crippen LogP contribution < -0.4 is 5.32 Å². The van der Waals surface area contributed by atoms with Crippen molar-refractivity contribution in [1.82, 2.24) is 10.2 Å². The zero-order valence-electron chi connectivity index (χ0n) is 13.6. The fraction of sp³-hybridized carbons (Fsp3) is 0.882. The van der Waals surface area contributed by atoms with Crippen molar-refractivity contribution in [3.05, 3.63) is 0 Å². The first-order valence-electron chi connectivity index (χ1n) is 8.74. The molecule has 0 aromatic heterocycles. The number of methoxy groups -OCH3 is 1. The van der Waals surface area contributed by atoms with Gasteiger partial charge in [-0.3, -0.25) is 9.59 Å². The third kappa shape index (κ3) is 3.45. The summed E-state index contributed by atoms with van der Waals surface area (Å²) >= 11 is 0. The third-order valence-corrected chi connectivity index (χ3v) is 5.79. The van der Waals surface area contributed by atoms with E-state index in [0.717, 1.165) is 38.3 Å². The van der Waals surface area contributed by atoms with Crippen LogP contribution in [0.3, 0.4) is 0 Å². The maximum Gasteiger partial charge on any atom is 0.224 e. The van der Waals surface area contributed by atoms with Crippen LogP contribution in [0.4, 0.5) is 0 Å². The minimum Gasteiger partial charge on any atom is -0.384 e. The van der Waals surface area contributed by atoms with E-state index in [1.54, 1.807) is 7.11 Å². The summed E-state index contributed by atoms with van der Waals surface area (Å²) < 4.78 is 4.95. The van der Waals surface area contributed by atoms with Crippen LogP contribution in [0.2, 0.25) is 0 Å². The van der Waals surface area contributed by atoms with Crippen LogP contribution >= 0.6 is 0 Å². The lowest BCUT2D eigenvalue weighted by atomic mass is 9.87. The highest BCUT2D eigenvalue weighted by Crippen LogP contribution is 2.48. The van der Waals surface area contributed by atoms with Crippen LogP contribution in [0.1, 0.15) is 44.9 Å². The molecule has 1 N–H and O–H groups in total. The highest BCUT2D eigenvalue weighted by molar-refractivity contribution is 5.80. The van der Waals surface area contributed by atoms with Gasteiger partial charge >= 0.3 is 0 Å². The Bertz CT molecular complexity index is 418. The Hall–Kier alpha value is -1.10. The summed E-state index contributed by atoms with van der Waals surface area (Å²) in [4.78, 5) is 26.3. The van der Waals surface area contributed by atoms with Crippen LogP contribution in [-0.4, -0.2) is 49.6 Å². The summed E-state index contributed by atoms with van der Waals surface area (Å²) in [5.41, 5.74) is 0. The molecule has 0 aromatic carbocycles. The monoisotopic (exact) mass is 308 g/mol. The molecule has 5 nitrogen and oxygen atoms in total. The molecular weight excluding hydrogens is 280 g/mol. The minimum atomic E-state index is 0.166. The second kappa shape index (κ2) is 6.99. The molecule has 0 radical (unpaired) electrons. The van der Waals surface area contributed by atoms with Gasteiger partial charge in [-0.1, -0.05) is 6.42 Å². The van der Waals surface area contributed by atoms with Crippen molar-refractivity contribution in [3.63, 3.8) is 0 Å². The first kappa shape index (κ1) is 15.8. The Labute approximate surface area is 132 Å². The Morgan fingerprint density at radius 1 is 1.14 bits per heavy atom. The number of piperidine rings is 1. The van der Waals surface area contributed by atoms with Gasteiger partial charge in [0.15, 0.2) is 0 Å². The Morgan fingerprint density at radius 3 is 2.50 bits per heavy atom. The number of carbonyl (C=O) groups excluding carboxylic acids is 2. The van der Waals surface area contributed by atoms with E-state index < -0.39 is 0 Å². The molecule has 22 heavy (non-hydrogen) atoms. The summed E-state index contributed by atoms with van der Waals surface area (Å²) in [7, 11) is 1.62. The number of nitrogens with one attached hydrogen (secondary N) is 1. The summed E-state index contributed by atoms with van der Waals surface area (Å²) in [6, 6.07) is 0.248. The maximum absolute atomic E-state index is 12.5. The topological polar surface area (TPSA) is 58.6 Å². The largest absolute Gasteiger partial charge is 0.384 e. The Kier molecular flexibility index (Phi) is 5.01. The lowest BCUT2D eigenvalue weighted by Crippen LogP contribution is -2.48. The zero-order valence-corrected chi connectivity index (χ0v) is 13.6. The normalized spacial score (nSPS) is 31.5. The predicted molar refractivity (Wildman–Crippen MR) is 83.2 cm³/mol. The number of nitrogens with zero attached hydrogens (tertiary/aromatic N) is 1. The van der Waals surface area contributed by atoms with Gasteiger partial charge in [-0.25, -0.2) is 0 Å². The molecule has 2 saturated carbocycles. The molecule has 124 valence electrons. The van der Waals surface area contributed by atoms with Gasteiger partial charge in [0.2, 0.25) is 11.8 Å². The number of likely N-dealkylation sites (tertiary alicyclic amines) is 1. The van der Waals surface area contributed by atoms with Gasteiger partial charge in [-0.15, -0.1) is 0 Å². The van der Waals surface area contributed by atoms with Gasteiger partial charge in [0.05, 0.1) is 13.0 Å². The Morgan fingerprint density at radius 2 is 1.91 bits per heavy atom. The summed E-state index contributed by atoms with van der Waals surface area (Å²) in [5.74, 6) is 2.15. The SMILES string of the molecule is COCCC(=O)N1CCC(NC(=O)C2CC3CCC2C3)CC1. The standard InChI is InChI=1S/C17H28N2O3/c1-22-9-6-16(20)19-7-4-14(5-8-19)18-17(21)15-11-12-2-3-13(15)10-12/h12-15H,2-11H2,1H3,(H,18,21). The van der Waals surface area contributed by atoms with Crippen LogP contribution in [0.25, 0.3) is 0 Å². The smallest absolute Gasteiger partial charge is 0.224 e. The number of carbonyl (C=O) groups is 2. The van der Waals surface area contributed by atoms with Crippen molar-refractivity contribution in [2.75, 3.05) is 26.8 Å². The molecule has 2 amide bonds. The average molecular weight is 308 g/mol. The summed E-state index contributed by atoms with van der Waals surface area (Å²) in [6.07, 6.45) is 7.16. The molecule has 2 aliphatic carbocycles. The van der Waals surface area contributed by atoms with E-state index >= 15 is 0 Å². The number of hydrogen-bond acceptors (Lipinski definition) is 3. The molecule has 3 aliphatic rings. The van der Waals surface area contributed by atoms with Gasteiger partial charge < -0.3 is 15.0 Å². The van der Waals surface area contributed by atoms with E-state index in [1.807, 2.05) is 4.90 Å². The Balaban J connectivity index is 1.40. The molecule has 0 aromatic rings. The van der Waals surface area contributed by atoms with Crippen LogP contribution in [0.15, 0.2) is 0 Å². The molecule has 5 heteroatoms. The van der Waals surface area contributed by atoms with Crippen molar-refractivity contribution in [3.8, 4) is 0 Å². The molecule has 1 aliphatic heterocycles. The molecule has 1 heterocycles. The van der Waals surface area contributed by atoms with Crippen LogP contribution in [0.5, 0.6) is 0 Å². The van der Waals surface area contributed by atoms with E-state index in [9.17, 15) is 9.59 Å². The molecule has 1 saturated heterocycles. The van der Waals surface area contributed by atoms with Crippen molar-refractivity contribution in [2.45, 2.75) is 51.0 Å². The maximum atomic E-state index is 12.5. The predicted octanol–water partition coefficient (Wildman–Crippen LogP) is 1.57. The van der Waals surface area contributed by atoms with E-state index in [4.69, 9.17) is 4.74 Å². The molecule has 0 spiro atoms. The van der Waals surface area contributed by atoms with Gasteiger partial charge in [0.25, 0.3) is 0 Å². The summed E-state index contributed by atoms with van der Waals surface area (Å²) in [5, 5.41) is 3.25. The fourth-order valence-electron chi connectivity index (χ4n) is 4.49. The van der Waals surface area contributed by atoms with Gasteiger partial charge in [-0.05, 0) is 43.9 Å². The van der Waals surface area contributed by atoms with Crippen molar-refractivity contribution in [1.29, 1.82) is 0 Å². The fourth-order valence-corrected chi connectivity index (χ4v) is 4.49. The molecule has 3 unspecified atom stereocenters. The number of hydrogen-bond donors (Lipinski definition) is 1. The number of amides is 2. The van der Waals surface area contributed by atoms with Crippen LogP contribution in [-0.2, 0) is 14.3 Å². The van der Waals surface area contributed by atoms with Crippen LogP contribution in [0, 0.1) is 17.8 Å².